The summed E-state index contributed by atoms with van der Waals surface area (Å²) in [6.45, 7) is 14.7. The van der Waals surface area contributed by atoms with Crippen LogP contribution in [0.15, 0.2) is 42.5 Å². The molecular formula is C40H43BN2. The zero-order valence-corrected chi connectivity index (χ0v) is 26.8. The number of rotatable bonds is 0. The van der Waals surface area contributed by atoms with Gasteiger partial charge < -0.3 is 4.40 Å². The average Bonchev–Trinajstić information content (AvgIpc) is 3.53. The molecule has 5 aromatic rings. The van der Waals surface area contributed by atoms with Crippen molar-refractivity contribution >= 4 is 39.5 Å². The van der Waals surface area contributed by atoms with Gasteiger partial charge in [-0.25, -0.2) is 0 Å². The van der Waals surface area contributed by atoms with Crippen LogP contribution in [0.25, 0.3) is 33.2 Å². The average molecular weight is 563 g/mol. The Morgan fingerprint density at radius 2 is 1.49 bits per heavy atom. The van der Waals surface area contributed by atoms with Crippen LogP contribution in [0.1, 0.15) is 126 Å². The molecule has 1 saturated carbocycles. The fraction of sp³-hybridized carbons (Fsp3) is 0.450. The quantitative estimate of drug-likeness (QED) is 0.166. The molecule has 3 aromatic carbocycles. The molecule has 0 saturated heterocycles. The Morgan fingerprint density at radius 1 is 0.744 bits per heavy atom. The maximum Gasteiger partial charge on any atom is 0.250 e. The molecule has 0 unspecified atom stereocenters. The van der Waals surface area contributed by atoms with Crippen LogP contribution in [0.4, 0.5) is 0 Å². The van der Waals surface area contributed by atoms with Crippen LogP contribution in [0.5, 0.6) is 0 Å². The number of fused-ring (bicyclic) bond motifs is 9. The summed E-state index contributed by atoms with van der Waals surface area (Å²) in [6, 6.07) is 17.4. The molecule has 216 valence electrons. The number of imidazole rings is 1. The van der Waals surface area contributed by atoms with E-state index < -0.39 is 0 Å². The van der Waals surface area contributed by atoms with Crippen molar-refractivity contribution in [3.05, 3.63) is 76.2 Å². The molecule has 11 rings (SSSR count). The van der Waals surface area contributed by atoms with E-state index in [2.05, 4.69) is 93.0 Å². The van der Waals surface area contributed by atoms with Gasteiger partial charge in [0.05, 0.1) is 0 Å². The Labute approximate surface area is 256 Å². The van der Waals surface area contributed by atoms with E-state index in [1.165, 1.54) is 90.1 Å². The number of hydrogen-bond acceptors (Lipinski definition) is 0. The van der Waals surface area contributed by atoms with Crippen molar-refractivity contribution in [2.75, 3.05) is 0 Å². The largest absolute Gasteiger partial charge is 0.302 e. The third kappa shape index (κ3) is 2.98. The molecule has 2 aliphatic heterocycles. The van der Waals surface area contributed by atoms with Crippen molar-refractivity contribution in [2.24, 2.45) is 0 Å². The van der Waals surface area contributed by atoms with Gasteiger partial charge in [-0.1, -0.05) is 83.4 Å². The van der Waals surface area contributed by atoms with Crippen molar-refractivity contribution in [3.8, 4) is 16.8 Å². The molecule has 0 atom stereocenters. The maximum atomic E-state index is 2.88. The predicted octanol–water partition coefficient (Wildman–Crippen LogP) is 7.92. The SMILES string of the molecule is CC(C)(C)c1cc2c3c(c1)-n1c4c(n5c6c(c(c15)B3c1cccc3c(C(C)(C)C)ccc-2c13)CCCC6)C1CCC4CC1. The summed E-state index contributed by atoms with van der Waals surface area (Å²) in [4.78, 5) is 0. The third-order valence-corrected chi connectivity index (χ3v) is 12.3. The van der Waals surface area contributed by atoms with Crippen LogP contribution < -0.4 is 16.4 Å². The second kappa shape index (κ2) is 7.90. The van der Waals surface area contributed by atoms with E-state index >= 15 is 0 Å². The van der Waals surface area contributed by atoms with Crippen LogP contribution in [0.3, 0.4) is 0 Å². The minimum Gasteiger partial charge on any atom is -0.302 e. The fourth-order valence-corrected chi connectivity index (χ4v) is 10.4. The molecular weight excluding hydrogens is 519 g/mol. The van der Waals surface area contributed by atoms with E-state index in [0.717, 1.165) is 5.92 Å². The Kier molecular flexibility index (Phi) is 4.62. The maximum absolute atomic E-state index is 2.88. The van der Waals surface area contributed by atoms with Gasteiger partial charge in [0.15, 0.2) is 0 Å². The zero-order chi connectivity index (χ0) is 29.2. The highest BCUT2D eigenvalue weighted by Crippen LogP contribution is 2.53. The molecule has 3 heteroatoms. The van der Waals surface area contributed by atoms with Crippen molar-refractivity contribution in [2.45, 2.75) is 116 Å². The Morgan fingerprint density at radius 3 is 2.23 bits per heavy atom. The topological polar surface area (TPSA) is 9.34 Å². The number of hydrogen-bond donors (Lipinski definition) is 0. The van der Waals surface area contributed by atoms with Gasteiger partial charge in [-0.2, -0.15) is 0 Å². The summed E-state index contributed by atoms with van der Waals surface area (Å²) >= 11 is 0. The van der Waals surface area contributed by atoms with Gasteiger partial charge in [-0.15, -0.1) is 0 Å². The molecule has 2 aromatic heterocycles. The monoisotopic (exact) mass is 562 g/mol. The lowest BCUT2D eigenvalue weighted by molar-refractivity contribution is 0.342. The summed E-state index contributed by atoms with van der Waals surface area (Å²) in [5.74, 6) is 1.42. The van der Waals surface area contributed by atoms with Gasteiger partial charge in [0, 0.05) is 34.6 Å². The number of aryl methyl sites for hydroxylation is 1. The third-order valence-electron chi connectivity index (χ3n) is 12.3. The molecule has 0 radical (unpaired) electrons. The van der Waals surface area contributed by atoms with E-state index in [9.17, 15) is 0 Å². The van der Waals surface area contributed by atoms with Crippen molar-refractivity contribution in [1.29, 1.82) is 0 Å². The standard InChI is InChI=1S/C40H43BN2/c1-39(2,3)24-20-28-25-18-19-29(40(4,5)6)26-11-9-12-30(33(25)26)41-34(28)32(21-24)43-37-23-16-14-22(15-17-23)36(37)42-31-13-8-7-10-27(31)35(41)38(42)43/h9,11-12,18-23H,7-8,10,13-17H2,1-6H3. The van der Waals surface area contributed by atoms with Crippen LogP contribution in [0.2, 0.25) is 0 Å². The number of nitrogens with zero attached hydrogens (tertiary/aromatic N) is 2. The first-order chi connectivity index (χ1) is 20.6. The van der Waals surface area contributed by atoms with E-state index in [0.29, 0.717) is 12.6 Å². The normalized spacial score (nSPS) is 21.4. The number of benzene rings is 3. The van der Waals surface area contributed by atoms with Crippen LogP contribution in [-0.4, -0.2) is 15.7 Å². The van der Waals surface area contributed by atoms with Crippen molar-refractivity contribution in [3.63, 3.8) is 0 Å². The summed E-state index contributed by atoms with van der Waals surface area (Å²) in [5, 5.41) is 2.97. The van der Waals surface area contributed by atoms with E-state index in [1.54, 1.807) is 44.7 Å². The van der Waals surface area contributed by atoms with Gasteiger partial charge in [0.1, 0.15) is 5.65 Å². The van der Waals surface area contributed by atoms with Crippen molar-refractivity contribution < 1.29 is 0 Å². The second-order valence-corrected chi connectivity index (χ2v) is 16.7. The van der Waals surface area contributed by atoms with Crippen LogP contribution in [-0.2, 0) is 23.7 Å². The van der Waals surface area contributed by atoms with E-state index in [4.69, 9.17) is 0 Å². The molecule has 43 heavy (non-hydrogen) atoms. The van der Waals surface area contributed by atoms with Gasteiger partial charge in [0.2, 0.25) is 0 Å². The van der Waals surface area contributed by atoms with Crippen LogP contribution >= 0.6 is 0 Å². The molecule has 2 nitrogen and oxygen atoms in total. The summed E-state index contributed by atoms with van der Waals surface area (Å²) in [5.41, 5.74) is 20.7. The summed E-state index contributed by atoms with van der Waals surface area (Å²) < 4.78 is 5.74. The first-order valence-electron chi connectivity index (χ1n) is 17.2. The minimum absolute atomic E-state index is 0.0759. The molecule has 0 spiro atoms. The Balaban J connectivity index is 1.44. The van der Waals surface area contributed by atoms with E-state index in [-0.39, 0.29) is 10.8 Å². The van der Waals surface area contributed by atoms with Gasteiger partial charge in [-0.3, -0.25) is 4.57 Å². The van der Waals surface area contributed by atoms with Gasteiger partial charge >= 0.3 is 0 Å². The van der Waals surface area contributed by atoms with Gasteiger partial charge in [-0.05, 0) is 118 Å². The smallest absolute Gasteiger partial charge is 0.250 e. The van der Waals surface area contributed by atoms with Crippen molar-refractivity contribution in [1.82, 2.24) is 8.97 Å². The van der Waals surface area contributed by atoms with E-state index in [1.807, 2.05) is 0 Å². The second-order valence-electron chi connectivity index (χ2n) is 16.7. The Bertz CT molecular complexity index is 2060. The predicted molar refractivity (Wildman–Crippen MR) is 182 cm³/mol. The van der Waals surface area contributed by atoms with Crippen LogP contribution in [0, 0.1) is 0 Å². The highest BCUT2D eigenvalue weighted by molar-refractivity contribution is 7.01. The lowest BCUT2D eigenvalue weighted by Crippen LogP contribution is -2.59. The highest BCUT2D eigenvalue weighted by Gasteiger charge is 2.48. The summed E-state index contributed by atoms with van der Waals surface area (Å²) in [7, 11) is 0. The first-order valence-corrected chi connectivity index (χ1v) is 17.2. The fourth-order valence-electron chi connectivity index (χ4n) is 10.4. The highest BCUT2D eigenvalue weighted by atomic mass is 15.2. The Hall–Kier alpha value is -3.20. The molecule has 1 fully saturated rings. The minimum atomic E-state index is 0.0759. The number of aromatic nitrogens is 2. The molecule has 6 aliphatic rings. The summed E-state index contributed by atoms with van der Waals surface area (Å²) in [6.07, 6.45) is 10.6. The molecule has 4 aliphatic carbocycles. The first kappa shape index (κ1) is 25.2. The lowest BCUT2D eigenvalue weighted by Gasteiger charge is -2.40. The zero-order valence-electron chi connectivity index (χ0n) is 26.8. The van der Waals surface area contributed by atoms with Gasteiger partial charge in [0.25, 0.3) is 6.71 Å². The molecule has 0 N–H and O–H groups in total. The molecule has 0 amide bonds. The lowest BCUT2D eigenvalue weighted by atomic mass is 9.32. The molecule has 2 bridgehead atoms. The molecule has 4 heterocycles.